The molecule has 0 spiro atoms. The Labute approximate surface area is 118 Å². The maximum absolute atomic E-state index is 13.4. The monoisotopic (exact) mass is 290 g/mol. The minimum absolute atomic E-state index is 0.00634. The van der Waals surface area contributed by atoms with Crippen LogP contribution in [-0.4, -0.2) is 4.92 Å². The van der Waals surface area contributed by atoms with Crippen molar-refractivity contribution in [2.24, 2.45) is 0 Å². The summed E-state index contributed by atoms with van der Waals surface area (Å²) >= 11 is 0. The zero-order valence-corrected chi connectivity index (χ0v) is 10.5. The number of hydrogen-bond donors (Lipinski definition) is 0. The molecule has 21 heavy (non-hydrogen) atoms. The van der Waals surface area contributed by atoms with Gasteiger partial charge in [0.2, 0.25) is 0 Å². The number of nitriles is 1. The van der Waals surface area contributed by atoms with Gasteiger partial charge in [-0.05, 0) is 24.3 Å². The molecule has 0 aliphatic carbocycles. The molecule has 0 unspecified atom stereocenters. The number of nitro benzene ring substituents is 1. The van der Waals surface area contributed by atoms with Gasteiger partial charge in [0, 0.05) is 6.07 Å². The molecule has 5 nitrogen and oxygen atoms in total. The summed E-state index contributed by atoms with van der Waals surface area (Å²) < 4.78 is 31.7. The number of hydrogen-bond acceptors (Lipinski definition) is 4. The summed E-state index contributed by atoms with van der Waals surface area (Å²) in [6.45, 7) is -0.355. The van der Waals surface area contributed by atoms with Gasteiger partial charge < -0.3 is 4.74 Å². The molecule has 106 valence electrons. The van der Waals surface area contributed by atoms with Crippen LogP contribution in [0.25, 0.3) is 0 Å². The Hall–Kier alpha value is -3.01. The van der Waals surface area contributed by atoms with Crippen molar-refractivity contribution in [3.8, 4) is 11.8 Å². The lowest BCUT2D eigenvalue weighted by Crippen LogP contribution is -2.03. The van der Waals surface area contributed by atoms with E-state index in [1.54, 1.807) is 6.07 Å². The lowest BCUT2D eigenvalue weighted by atomic mass is 10.2. The Balaban J connectivity index is 2.29. The van der Waals surface area contributed by atoms with Crippen molar-refractivity contribution in [2.45, 2.75) is 6.61 Å². The van der Waals surface area contributed by atoms with Crippen molar-refractivity contribution in [3.63, 3.8) is 0 Å². The highest BCUT2D eigenvalue weighted by molar-refractivity contribution is 5.45. The zero-order valence-electron chi connectivity index (χ0n) is 10.5. The first kappa shape index (κ1) is 14.4. The minimum atomic E-state index is -0.760. The van der Waals surface area contributed by atoms with Crippen LogP contribution in [0.3, 0.4) is 0 Å². The van der Waals surface area contributed by atoms with Gasteiger partial charge in [-0.15, -0.1) is 0 Å². The third-order valence-corrected chi connectivity index (χ3v) is 2.71. The van der Waals surface area contributed by atoms with Crippen LogP contribution in [0.15, 0.2) is 36.4 Å². The first-order chi connectivity index (χ1) is 10.0. The lowest BCUT2D eigenvalue weighted by Gasteiger charge is -2.08. The molecule has 2 aromatic carbocycles. The second-order valence-corrected chi connectivity index (χ2v) is 4.04. The summed E-state index contributed by atoms with van der Waals surface area (Å²) in [5.41, 5.74) is -0.629. The summed E-state index contributed by atoms with van der Waals surface area (Å²) in [5, 5.41) is 19.7. The molecule has 0 N–H and O–H groups in total. The topological polar surface area (TPSA) is 76.2 Å². The first-order valence-corrected chi connectivity index (χ1v) is 5.77. The third-order valence-electron chi connectivity index (χ3n) is 2.71. The third kappa shape index (κ3) is 3.12. The fourth-order valence-electron chi connectivity index (χ4n) is 1.74. The van der Waals surface area contributed by atoms with E-state index in [0.29, 0.717) is 0 Å². The van der Waals surface area contributed by atoms with E-state index in [9.17, 15) is 18.9 Å². The summed E-state index contributed by atoms with van der Waals surface area (Å²) in [7, 11) is 0. The van der Waals surface area contributed by atoms with Gasteiger partial charge in [-0.25, -0.2) is 8.78 Å². The van der Waals surface area contributed by atoms with Crippen molar-refractivity contribution in [1.29, 1.82) is 5.26 Å². The number of halogens is 2. The highest BCUT2D eigenvalue weighted by Crippen LogP contribution is 2.24. The van der Waals surface area contributed by atoms with E-state index >= 15 is 0 Å². The fourth-order valence-corrected chi connectivity index (χ4v) is 1.74. The summed E-state index contributed by atoms with van der Waals surface area (Å²) in [6.07, 6.45) is 0. The standard InChI is InChI=1S/C14H8F2N2O3/c15-10-4-5-13(18(19)20)9(6-10)8-21-14-3-1-2-12(16)11(14)7-17/h1-6H,8H2. The Morgan fingerprint density at radius 1 is 1.29 bits per heavy atom. The molecule has 0 radical (unpaired) electrons. The quantitative estimate of drug-likeness (QED) is 0.639. The zero-order chi connectivity index (χ0) is 15.4. The molecule has 0 amide bonds. The second kappa shape index (κ2) is 5.96. The molecule has 0 aliphatic rings. The molecule has 0 saturated carbocycles. The van der Waals surface area contributed by atoms with E-state index in [1.165, 1.54) is 12.1 Å². The maximum atomic E-state index is 13.4. The van der Waals surface area contributed by atoms with Crippen LogP contribution in [0.4, 0.5) is 14.5 Å². The van der Waals surface area contributed by atoms with E-state index < -0.39 is 16.6 Å². The molecule has 0 heterocycles. The van der Waals surface area contributed by atoms with Crippen LogP contribution in [0.2, 0.25) is 0 Å². The van der Waals surface area contributed by atoms with E-state index in [4.69, 9.17) is 10.00 Å². The SMILES string of the molecule is N#Cc1c(F)cccc1OCc1cc(F)ccc1[N+](=O)[O-]. The minimum Gasteiger partial charge on any atom is -0.487 e. The van der Waals surface area contributed by atoms with Crippen LogP contribution in [0, 0.1) is 33.1 Å². The van der Waals surface area contributed by atoms with Crippen LogP contribution in [0.5, 0.6) is 5.75 Å². The van der Waals surface area contributed by atoms with Crippen molar-refractivity contribution < 1.29 is 18.4 Å². The molecular formula is C14H8F2N2O3. The first-order valence-electron chi connectivity index (χ1n) is 5.77. The van der Waals surface area contributed by atoms with Crippen LogP contribution >= 0.6 is 0 Å². The summed E-state index contributed by atoms with van der Waals surface area (Å²) in [6, 6.07) is 8.37. The molecule has 0 fully saturated rings. The summed E-state index contributed by atoms with van der Waals surface area (Å²) in [4.78, 5) is 10.2. The predicted molar refractivity (Wildman–Crippen MR) is 68.5 cm³/mol. The Bertz CT molecular complexity index is 741. The number of benzene rings is 2. The molecule has 0 aliphatic heterocycles. The normalized spacial score (nSPS) is 9.95. The van der Waals surface area contributed by atoms with Gasteiger partial charge in [-0.1, -0.05) is 6.07 Å². The van der Waals surface area contributed by atoms with Crippen molar-refractivity contribution in [3.05, 3.63) is 69.3 Å². The van der Waals surface area contributed by atoms with Crippen molar-refractivity contribution in [1.82, 2.24) is 0 Å². The predicted octanol–water partition coefficient (Wildman–Crippen LogP) is 3.32. The Morgan fingerprint density at radius 2 is 2.05 bits per heavy atom. The number of nitro groups is 1. The van der Waals surface area contributed by atoms with Crippen LogP contribution in [0.1, 0.15) is 11.1 Å². The lowest BCUT2D eigenvalue weighted by molar-refractivity contribution is -0.385. The van der Waals surface area contributed by atoms with Gasteiger partial charge in [-0.2, -0.15) is 5.26 Å². The van der Waals surface area contributed by atoms with E-state index in [-0.39, 0.29) is 29.2 Å². The molecule has 0 atom stereocenters. The molecule has 0 saturated heterocycles. The van der Waals surface area contributed by atoms with Crippen molar-refractivity contribution in [2.75, 3.05) is 0 Å². The number of rotatable bonds is 4. The average molecular weight is 290 g/mol. The molecular weight excluding hydrogens is 282 g/mol. The number of nitrogens with zero attached hydrogens (tertiary/aromatic N) is 2. The van der Waals surface area contributed by atoms with E-state index in [1.807, 2.05) is 0 Å². The molecule has 7 heteroatoms. The van der Waals surface area contributed by atoms with Crippen LogP contribution in [-0.2, 0) is 6.61 Å². The van der Waals surface area contributed by atoms with E-state index in [2.05, 4.69) is 0 Å². The van der Waals surface area contributed by atoms with Crippen molar-refractivity contribution >= 4 is 5.69 Å². The smallest absolute Gasteiger partial charge is 0.276 e. The molecule has 2 aromatic rings. The van der Waals surface area contributed by atoms with E-state index in [0.717, 1.165) is 24.3 Å². The highest BCUT2D eigenvalue weighted by atomic mass is 19.1. The Kier molecular flexibility index (Phi) is 4.09. The highest BCUT2D eigenvalue weighted by Gasteiger charge is 2.16. The maximum Gasteiger partial charge on any atom is 0.276 e. The second-order valence-electron chi connectivity index (χ2n) is 4.04. The van der Waals surface area contributed by atoms with Gasteiger partial charge in [0.25, 0.3) is 5.69 Å². The van der Waals surface area contributed by atoms with Gasteiger partial charge in [0.1, 0.15) is 35.6 Å². The fraction of sp³-hybridized carbons (Fsp3) is 0.0714. The largest absolute Gasteiger partial charge is 0.487 e. The average Bonchev–Trinajstić information content (AvgIpc) is 2.44. The number of ether oxygens (including phenoxy) is 1. The van der Waals surface area contributed by atoms with Gasteiger partial charge >= 0.3 is 0 Å². The molecule has 2 rings (SSSR count). The molecule has 0 bridgehead atoms. The van der Waals surface area contributed by atoms with Gasteiger partial charge in [-0.3, -0.25) is 10.1 Å². The molecule has 0 aromatic heterocycles. The summed E-state index contributed by atoms with van der Waals surface area (Å²) in [5.74, 6) is -1.47. The van der Waals surface area contributed by atoms with Gasteiger partial charge in [0.05, 0.1) is 10.5 Å². The van der Waals surface area contributed by atoms with Crippen LogP contribution < -0.4 is 4.74 Å². The Morgan fingerprint density at radius 3 is 2.71 bits per heavy atom. The van der Waals surface area contributed by atoms with Gasteiger partial charge in [0.15, 0.2) is 0 Å².